The summed E-state index contributed by atoms with van der Waals surface area (Å²) in [6.07, 6.45) is -17.9. The van der Waals surface area contributed by atoms with Crippen LogP contribution < -0.4 is 10.2 Å². The molecule has 0 amide bonds. The van der Waals surface area contributed by atoms with Gasteiger partial charge in [0.25, 0.3) is 0 Å². The molecule has 2 saturated heterocycles. The van der Waals surface area contributed by atoms with Crippen molar-refractivity contribution in [3.63, 3.8) is 0 Å². The van der Waals surface area contributed by atoms with Crippen molar-refractivity contribution in [3.05, 3.63) is 40.6 Å². The van der Waals surface area contributed by atoms with E-state index in [2.05, 4.69) is 0 Å². The number of hydrogen-bond donors (Lipinski definition) is 11. The first-order chi connectivity index (χ1) is 20.9. The van der Waals surface area contributed by atoms with Gasteiger partial charge in [-0.05, 0) is 18.2 Å². The van der Waals surface area contributed by atoms with Crippen molar-refractivity contribution in [3.8, 4) is 40.1 Å². The van der Waals surface area contributed by atoms with Crippen LogP contribution in [0.5, 0.6) is 28.7 Å². The lowest BCUT2D eigenvalue weighted by Gasteiger charge is -2.45. The molecule has 2 aliphatic rings. The third-order valence-corrected chi connectivity index (χ3v) is 7.35. The van der Waals surface area contributed by atoms with E-state index in [4.69, 9.17) is 23.4 Å². The number of aromatic hydroxyl groups is 4. The maximum atomic E-state index is 13.6. The molecular weight excluding hydrogens is 596 g/mol. The van der Waals surface area contributed by atoms with Gasteiger partial charge in [0, 0.05) is 17.7 Å². The fraction of sp³-hybridized carbons (Fsp3) is 0.444. The van der Waals surface area contributed by atoms with Crippen LogP contribution in [-0.2, 0) is 14.2 Å². The van der Waals surface area contributed by atoms with Crippen LogP contribution in [0.2, 0.25) is 0 Å². The molecule has 17 nitrogen and oxygen atoms in total. The van der Waals surface area contributed by atoms with E-state index in [9.17, 15) is 61.0 Å². The number of phenolic OH excluding ortho intramolecular Hbond substituents is 4. The van der Waals surface area contributed by atoms with Gasteiger partial charge >= 0.3 is 0 Å². The largest absolute Gasteiger partial charge is 0.508 e. The van der Waals surface area contributed by atoms with Crippen LogP contribution in [0, 0.1) is 0 Å². The molecule has 11 N–H and O–H groups in total. The van der Waals surface area contributed by atoms with Crippen LogP contribution >= 0.6 is 0 Å². The van der Waals surface area contributed by atoms with Crippen LogP contribution in [0.3, 0.4) is 0 Å². The van der Waals surface area contributed by atoms with Crippen molar-refractivity contribution in [2.45, 2.75) is 61.4 Å². The van der Waals surface area contributed by atoms with Crippen molar-refractivity contribution in [2.75, 3.05) is 13.2 Å². The lowest BCUT2D eigenvalue weighted by Crippen LogP contribution is -2.65. The van der Waals surface area contributed by atoms with Crippen molar-refractivity contribution in [1.29, 1.82) is 0 Å². The molecule has 2 aliphatic heterocycles. The van der Waals surface area contributed by atoms with Crippen molar-refractivity contribution < 1.29 is 79.5 Å². The number of aliphatic hydroxyl groups excluding tert-OH is 7. The molecule has 0 spiro atoms. The topological polar surface area (TPSA) is 290 Å². The number of aliphatic hydroxyl groups is 7. The Kier molecular flexibility index (Phi) is 8.87. The SMILES string of the molecule is O=c1c(OC2O[C@H](CO)[C@@H](O)[C@H](OC3O[C@H](CO)[C@@H](O)[C@H](O)[C@H]3O)[C@H]2O)c(-c2ccc(O)c(O)c2)oc2cc(O)cc(O)c12. The number of benzene rings is 2. The van der Waals surface area contributed by atoms with Crippen LogP contribution in [0.1, 0.15) is 0 Å². The minimum Gasteiger partial charge on any atom is -0.508 e. The summed E-state index contributed by atoms with van der Waals surface area (Å²) >= 11 is 0. The molecule has 2 fully saturated rings. The molecule has 3 aromatic rings. The highest BCUT2D eigenvalue weighted by Gasteiger charge is 2.51. The third kappa shape index (κ3) is 5.61. The first kappa shape index (κ1) is 31.7. The summed E-state index contributed by atoms with van der Waals surface area (Å²) in [6.45, 7) is -1.68. The zero-order valence-electron chi connectivity index (χ0n) is 22.4. The van der Waals surface area contributed by atoms with E-state index in [0.29, 0.717) is 0 Å². The normalized spacial score (nSPS) is 32.5. The second-order valence-corrected chi connectivity index (χ2v) is 10.3. The second kappa shape index (κ2) is 12.3. The van der Waals surface area contributed by atoms with E-state index in [-0.39, 0.29) is 11.1 Å². The Balaban J connectivity index is 1.55. The van der Waals surface area contributed by atoms with E-state index >= 15 is 0 Å². The molecule has 10 atom stereocenters. The monoisotopic (exact) mass is 626 g/mol. The van der Waals surface area contributed by atoms with Gasteiger partial charge < -0.3 is 79.5 Å². The van der Waals surface area contributed by atoms with E-state index in [1.54, 1.807) is 0 Å². The summed E-state index contributed by atoms with van der Waals surface area (Å²) in [6, 6.07) is 5.14. The Morgan fingerprint density at radius 2 is 1.36 bits per heavy atom. The second-order valence-electron chi connectivity index (χ2n) is 10.3. The van der Waals surface area contributed by atoms with Crippen molar-refractivity contribution >= 4 is 11.0 Å². The predicted molar refractivity (Wildman–Crippen MR) is 142 cm³/mol. The molecule has 44 heavy (non-hydrogen) atoms. The number of fused-ring (bicyclic) bond motifs is 1. The van der Waals surface area contributed by atoms with E-state index in [1.165, 1.54) is 6.07 Å². The fourth-order valence-electron chi connectivity index (χ4n) is 4.99. The van der Waals surface area contributed by atoms with Gasteiger partial charge in [-0.3, -0.25) is 4.79 Å². The molecule has 1 aromatic heterocycles. The molecule has 0 radical (unpaired) electrons. The van der Waals surface area contributed by atoms with Crippen molar-refractivity contribution in [1.82, 2.24) is 0 Å². The number of rotatable bonds is 7. The van der Waals surface area contributed by atoms with E-state index in [0.717, 1.165) is 24.3 Å². The average molecular weight is 627 g/mol. The maximum Gasteiger partial charge on any atom is 0.239 e. The van der Waals surface area contributed by atoms with Gasteiger partial charge in [0.05, 0.1) is 13.2 Å². The highest BCUT2D eigenvalue weighted by atomic mass is 16.7. The zero-order valence-corrected chi connectivity index (χ0v) is 22.4. The molecule has 2 unspecified atom stereocenters. The molecule has 0 aliphatic carbocycles. The number of phenols is 4. The van der Waals surface area contributed by atoms with Crippen molar-refractivity contribution in [2.24, 2.45) is 0 Å². The highest BCUT2D eigenvalue weighted by Crippen LogP contribution is 2.40. The Bertz CT molecular complexity index is 1560. The molecule has 2 aromatic carbocycles. The Labute approximate surface area is 246 Å². The van der Waals surface area contributed by atoms with E-state index in [1.807, 2.05) is 0 Å². The average Bonchev–Trinajstić information content (AvgIpc) is 2.98. The Hall–Kier alpha value is -3.75. The standard InChI is InChI=1S/C27H30O17/c28-6-14-17(34)20(37)21(38)26(41-14)43-24-18(35)15(7-29)42-27(22(24)39)44-25-19(36)16-12(33)4-9(30)5-13(16)40-23(25)8-1-2-10(31)11(32)3-8/h1-5,14-15,17-18,20-22,24,26-35,37-39H,6-7H2/t14-,15-,17-,18-,20+,21-,22-,24+,26?,27?/m1/s1. The number of ether oxygens (including phenoxy) is 4. The fourth-order valence-corrected chi connectivity index (χ4v) is 4.99. The summed E-state index contributed by atoms with van der Waals surface area (Å²) in [4.78, 5) is 13.6. The summed E-state index contributed by atoms with van der Waals surface area (Å²) in [7, 11) is 0. The minimum atomic E-state index is -2.04. The molecule has 17 heteroatoms. The van der Waals surface area contributed by atoms with E-state index < -0.39 is 120 Å². The Morgan fingerprint density at radius 1 is 0.705 bits per heavy atom. The summed E-state index contributed by atoms with van der Waals surface area (Å²) in [5.41, 5.74) is -1.43. The van der Waals surface area contributed by atoms with Gasteiger partial charge in [-0.15, -0.1) is 0 Å². The predicted octanol–water partition coefficient (Wildman–Crippen LogP) is -2.71. The lowest BCUT2D eigenvalue weighted by atomic mass is 9.97. The first-order valence-electron chi connectivity index (χ1n) is 13.2. The minimum absolute atomic E-state index is 0.0599. The van der Waals surface area contributed by atoms with Gasteiger partial charge in [-0.1, -0.05) is 0 Å². The van der Waals surface area contributed by atoms with Gasteiger partial charge in [-0.2, -0.15) is 0 Å². The molecule has 240 valence electrons. The van der Waals surface area contributed by atoms with Gasteiger partial charge in [0.1, 0.15) is 71.3 Å². The van der Waals surface area contributed by atoms with Crippen LogP contribution in [0.4, 0.5) is 0 Å². The molecule has 3 heterocycles. The lowest BCUT2D eigenvalue weighted by molar-refractivity contribution is -0.352. The summed E-state index contributed by atoms with van der Waals surface area (Å²) < 4.78 is 27.8. The van der Waals surface area contributed by atoms with Gasteiger partial charge in [0.15, 0.2) is 23.5 Å². The van der Waals surface area contributed by atoms with Crippen LogP contribution in [0.25, 0.3) is 22.3 Å². The molecular formula is C27H30O17. The summed E-state index contributed by atoms with van der Waals surface area (Å²) in [5, 5.41) is 111. The first-order valence-corrected chi connectivity index (χ1v) is 13.2. The third-order valence-electron chi connectivity index (χ3n) is 7.35. The molecule has 0 bridgehead atoms. The number of hydrogen-bond acceptors (Lipinski definition) is 17. The van der Waals surface area contributed by atoms with Gasteiger partial charge in [0.2, 0.25) is 17.5 Å². The van der Waals surface area contributed by atoms with Crippen LogP contribution in [0.15, 0.2) is 39.5 Å². The summed E-state index contributed by atoms with van der Waals surface area (Å²) in [5.74, 6) is -3.49. The zero-order chi connectivity index (χ0) is 32.0. The Morgan fingerprint density at radius 3 is 2.02 bits per heavy atom. The van der Waals surface area contributed by atoms with Crippen LogP contribution in [-0.4, -0.2) is 131 Å². The maximum absolute atomic E-state index is 13.6. The molecule has 5 rings (SSSR count). The molecule has 0 saturated carbocycles. The smallest absolute Gasteiger partial charge is 0.239 e. The highest BCUT2D eigenvalue weighted by molar-refractivity contribution is 5.88. The van der Waals surface area contributed by atoms with Gasteiger partial charge in [-0.25, -0.2) is 0 Å². The quantitative estimate of drug-likeness (QED) is 0.119.